The Labute approximate surface area is 86.3 Å². The molecular formula is C12H20O2. The van der Waals surface area contributed by atoms with E-state index in [1.165, 1.54) is 26.4 Å². The fourth-order valence-corrected chi connectivity index (χ4v) is 2.44. The van der Waals surface area contributed by atoms with Gasteiger partial charge in [-0.2, -0.15) is 0 Å². The second-order valence-electron chi connectivity index (χ2n) is 4.16. The van der Waals surface area contributed by atoms with E-state index in [0.29, 0.717) is 5.57 Å². The molecule has 2 heteroatoms. The monoisotopic (exact) mass is 196 g/mol. The molecule has 0 spiro atoms. The van der Waals surface area contributed by atoms with Crippen LogP contribution in [-0.2, 0) is 9.53 Å². The van der Waals surface area contributed by atoms with Crippen molar-refractivity contribution in [2.45, 2.75) is 45.4 Å². The molecule has 0 aliphatic heterocycles. The summed E-state index contributed by atoms with van der Waals surface area (Å²) in [6, 6.07) is 0. The average molecular weight is 196 g/mol. The molecule has 0 unspecified atom stereocenters. The fourth-order valence-electron chi connectivity index (χ4n) is 2.44. The lowest BCUT2D eigenvalue weighted by atomic mass is 9.68. The van der Waals surface area contributed by atoms with Crippen molar-refractivity contribution in [1.82, 2.24) is 0 Å². The highest BCUT2D eigenvalue weighted by atomic mass is 16.5. The number of ether oxygens (including phenoxy) is 1. The molecule has 0 bridgehead atoms. The zero-order valence-electron chi connectivity index (χ0n) is 9.27. The third kappa shape index (κ3) is 1.99. The smallest absolute Gasteiger partial charge is 0.333 e. The Kier molecular flexibility index (Phi) is 3.73. The molecule has 1 saturated carbocycles. The summed E-state index contributed by atoms with van der Waals surface area (Å²) in [7, 11) is 1.43. The normalized spacial score (nSPS) is 20.1. The van der Waals surface area contributed by atoms with Crippen LogP contribution in [0.5, 0.6) is 0 Å². The maximum Gasteiger partial charge on any atom is 0.333 e. The molecule has 1 fully saturated rings. The van der Waals surface area contributed by atoms with Crippen molar-refractivity contribution >= 4 is 5.97 Å². The maximum atomic E-state index is 11.5. The summed E-state index contributed by atoms with van der Waals surface area (Å²) in [5, 5.41) is 0. The number of carbonyl (C=O) groups excluding carboxylic acids is 1. The third-order valence-electron chi connectivity index (χ3n) is 3.56. The third-order valence-corrected chi connectivity index (χ3v) is 3.56. The van der Waals surface area contributed by atoms with E-state index >= 15 is 0 Å². The molecule has 0 saturated heterocycles. The molecule has 0 radical (unpaired) electrons. The summed E-state index contributed by atoms with van der Waals surface area (Å²) in [4.78, 5) is 11.5. The van der Waals surface area contributed by atoms with Gasteiger partial charge in [-0.3, -0.25) is 0 Å². The molecule has 14 heavy (non-hydrogen) atoms. The van der Waals surface area contributed by atoms with Crippen LogP contribution in [0.25, 0.3) is 0 Å². The fraction of sp³-hybridized carbons (Fsp3) is 0.750. The van der Waals surface area contributed by atoms with Crippen molar-refractivity contribution in [3.05, 3.63) is 12.2 Å². The van der Waals surface area contributed by atoms with Gasteiger partial charge in [-0.05, 0) is 19.3 Å². The summed E-state index contributed by atoms with van der Waals surface area (Å²) < 4.78 is 4.75. The topological polar surface area (TPSA) is 26.3 Å². The van der Waals surface area contributed by atoms with E-state index in [2.05, 4.69) is 13.5 Å². The molecule has 0 aromatic heterocycles. The van der Waals surface area contributed by atoms with Crippen LogP contribution >= 0.6 is 0 Å². The molecule has 1 aliphatic carbocycles. The zero-order valence-corrected chi connectivity index (χ0v) is 9.27. The maximum absolute atomic E-state index is 11.5. The van der Waals surface area contributed by atoms with Gasteiger partial charge in [0.25, 0.3) is 0 Å². The molecule has 2 nitrogen and oxygen atoms in total. The Morgan fingerprint density at radius 2 is 1.93 bits per heavy atom. The minimum atomic E-state index is -0.228. The molecule has 0 aromatic rings. The van der Waals surface area contributed by atoms with Crippen LogP contribution in [0.1, 0.15) is 45.4 Å². The van der Waals surface area contributed by atoms with Gasteiger partial charge < -0.3 is 4.74 Å². The number of rotatable bonds is 3. The second-order valence-corrected chi connectivity index (χ2v) is 4.16. The molecule has 80 valence electrons. The summed E-state index contributed by atoms with van der Waals surface area (Å²) in [6.45, 7) is 6.06. The SMILES string of the molecule is C=C(C(=O)OC)C1(CC)CCCCC1. The molecule has 0 heterocycles. The van der Waals surface area contributed by atoms with E-state index in [4.69, 9.17) is 4.74 Å². The Bertz CT molecular complexity index is 224. The van der Waals surface area contributed by atoms with Gasteiger partial charge in [-0.1, -0.05) is 32.8 Å². The van der Waals surface area contributed by atoms with Gasteiger partial charge in [0.05, 0.1) is 7.11 Å². The van der Waals surface area contributed by atoms with Gasteiger partial charge in [-0.15, -0.1) is 0 Å². The van der Waals surface area contributed by atoms with Gasteiger partial charge in [0.15, 0.2) is 0 Å². The van der Waals surface area contributed by atoms with Crippen LogP contribution in [-0.4, -0.2) is 13.1 Å². The molecule has 0 aromatic carbocycles. The molecular weight excluding hydrogens is 176 g/mol. The van der Waals surface area contributed by atoms with Crippen LogP contribution in [0, 0.1) is 5.41 Å². The predicted octanol–water partition coefficient (Wildman–Crippen LogP) is 3.08. The van der Waals surface area contributed by atoms with Gasteiger partial charge >= 0.3 is 5.97 Å². The summed E-state index contributed by atoms with van der Waals surface area (Å²) in [5.41, 5.74) is 0.716. The van der Waals surface area contributed by atoms with Crippen LogP contribution in [0.3, 0.4) is 0 Å². The van der Waals surface area contributed by atoms with E-state index in [1.807, 2.05) is 0 Å². The minimum Gasteiger partial charge on any atom is -0.466 e. The first-order valence-electron chi connectivity index (χ1n) is 5.44. The molecule has 0 N–H and O–H groups in total. The number of hydrogen-bond acceptors (Lipinski definition) is 2. The Morgan fingerprint density at radius 3 is 2.36 bits per heavy atom. The lowest BCUT2D eigenvalue weighted by Crippen LogP contribution is -2.29. The lowest BCUT2D eigenvalue weighted by Gasteiger charge is -2.37. The Balaban J connectivity index is 2.77. The highest BCUT2D eigenvalue weighted by Crippen LogP contribution is 2.44. The van der Waals surface area contributed by atoms with E-state index in [-0.39, 0.29) is 11.4 Å². The van der Waals surface area contributed by atoms with E-state index in [9.17, 15) is 4.79 Å². The largest absolute Gasteiger partial charge is 0.466 e. The highest BCUT2D eigenvalue weighted by molar-refractivity contribution is 5.89. The van der Waals surface area contributed by atoms with Crippen molar-refractivity contribution in [3.63, 3.8) is 0 Å². The first-order valence-corrected chi connectivity index (χ1v) is 5.44. The van der Waals surface area contributed by atoms with E-state index in [0.717, 1.165) is 19.3 Å². The molecule has 0 atom stereocenters. The van der Waals surface area contributed by atoms with Crippen LogP contribution in [0.15, 0.2) is 12.2 Å². The van der Waals surface area contributed by atoms with Crippen molar-refractivity contribution in [2.24, 2.45) is 5.41 Å². The summed E-state index contributed by atoms with van der Waals surface area (Å²) >= 11 is 0. The van der Waals surface area contributed by atoms with Gasteiger partial charge in [0.1, 0.15) is 0 Å². The summed E-state index contributed by atoms with van der Waals surface area (Å²) in [5.74, 6) is -0.228. The predicted molar refractivity (Wildman–Crippen MR) is 57.0 cm³/mol. The van der Waals surface area contributed by atoms with Crippen LogP contribution < -0.4 is 0 Å². The van der Waals surface area contributed by atoms with E-state index in [1.54, 1.807) is 0 Å². The number of carbonyl (C=O) groups is 1. The number of esters is 1. The molecule has 1 rings (SSSR count). The Hall–Kier alpha value is -0.790. The molecule has 1 aliphatic rings. The van der Waals surface area contributed by atoms with Crippen molar-refractivity contribution < 1.29 is 9.53 Å². The van der Waals surface area contributed by atoms with Crippen molar-refractivity contribution in [1.29, 1.82) is 0 Å². The van der Waals surface area contributed by atoms with E-state index < -0.39 is 0 Å². The zero-order chi connectivity index (χ0) is 10.6. The Morgan fingerprint density at radius 1 is 1.36 bits per heavy atom. The van der Waals surface area contributed by atoms with Gasteiger partial charge in [0, 0.05) is 11.0 Å². The standard InChI is InChI=1S/C12H20O2/c1-4-12(8-6-5-7-9-12)10(2)11(13)14-3/h2,4-9H2,1,3H3. The van der Waals surface area contributed by atoms with Gasteiger partial charge in [0.2, 0.25) is 0 Å². The second kappa shape index (κ2) is 4.63. The van der Waals surface area contributed by atoms with Crippen LogP contribution in [0.4, 0.5) is 0 Å². The quantitative estimate of drug-likeness (QED) is 0.512. The first kappa shape index (κ1) is 11.3. The van der Waals surface area contributed by atoms with Crippen molar-refractivity contribution in [3.8, 4) is 0 Å². The lowest BCUT2D eigenvalue weighted by molar-refractivity contribution is -0.137. The number of methoxy groups -OCH3 is 1. The average Bonchev–Trinajstić information content (AvgIpc) is 2.28. The molecule has 0 amide bonds. The first-order chi connectivity index (χ1) is 6.66. The highest BCUT2D eigenvalue weighted by Gasteiger charge is 2.36. The number of hydrogen-bond donors (Lipinski definition) is 0. The van der Waals surface area contributed by atoms with Gasteiger partial charge in [-0.25, -0.2) is 4.79 Å². The summed E-state index contributed by atoms with van der Waals surface area (Å²) in [6.07, 6.45) is 6.90. The minimum absolute atomic E-state index is 0.0331. The van der Waals surface area contributed by atoms with Crippen molar-refractivity contribution in [2.75, 3.05) is 7.11 Å². The van der Waals surface area contributed by atoms with Crippen LogP contribution in [0.2, 0.25) is 0 Å².